The van der Waals surface area contributed by atoms with Crippen LogP contribution in [0.2, 0.25) is 0 Å². The van der Waals surface area contributed by atoms with E-state index in [4.69, 9.17) is 0 Å². The van der Waals surface area contributed by atoms with Crippen LogP contribution in [0, 0.1) is 0 Å². The molecule has 0 aliphatic carbocycles. The molecule has 1 aromatic carbocycles. The van der Waals surface area contributed by atoms with Crippen molar-refractivity contribution in [1.82, 2.24) is 5.43 Å². The van der Waals surface area contributed by atoms with Gasteiger partial charge in [-0.25, -0.2) is 5.43 Å². The first kappa shape index (κ1) is 12.2. The van der Waals surface area contributed by atoms with Gasteiger partial charge in [0.05, 0.1) is 11.3 Å². The Balaban J connectivity index is 2.23. The minimum atomic E-state index is -4.29. The second-order valence-corrected chi connectivity index (χ2v) is 4.95. The SMILES string of the molecule is CC1(C)CCN(c2cccc(C(F)(F)F)c2)N1. The summed E-state index contributed by atoms with van der Waals surface area (Å²) >= 11 is 0. The summed E-state index contributed by atoms with van der Waals surface area (Å²) in [5.74, 6) is 0. The minimum Gasteiger partial charge on any atom is -0.308 e. The zero-order valence-corrected chi connectivity index (χ0v) is 9.80. The van der Waals surface area contributed by atoms with Gasteiger partial charge in [0.2, 0.25) is 0 Å². The molecule has 1 aliphatic rings. The van der Waals surface area contributed by atoms with Gasteiger partial charge in [-0.3, -0.25) is 0 Å². The summed E-state index contributed by atoms with van der Waals surface area (Å²) in [6, 6.07) is 5.38. The largest absolute Gasteiger partial charge is 0.416 e. The molecule has 0 unspecified atom stereocenters. The lowest BCUT2D eigenvalue weighted by Gasteiger charge is -2.24. The monoisotopic (exact) mass is 244 g/mol. The Kier molecular flexibility index (Phi) is 2.81. The molecule has 1 heterocycles. The van der Waals surface area contributed by atoms with E-state index in [1.54, 1.807) is 11.1 Å². The maximum Gasteiger partial charge on any atom is 0.416 e. The Bertz CT molecular complexity index is 412. The van der Waals surface area contributed by atoms with Crippen LogP contribution in [0.3, 0.4) is 0 Å². The quantitative estimate of drug-likeness (QED) is 0.816. The van der Waals surface area contributed by atoms with Gasteiger partial charge >= 0.3 is 6.18 Å². The van der Waals surface area contributed by atoms with E-state index < -0.39 is 11.7 Å². The van der Waals surface area contributed by atoms with Gasteiger partial charge in [0.1, 0.15) is 0 Å². The van der Waals surface area contributed by atoms with E-state index in [1.165, 1.54) is 12.1 Å². The summed E-state index contributed by atoms with van der Waals surface area (Å²) in [5, 5.41) is 1.77. The van der Waals surface area contributed by atoms with Crippen LogP contribution in [-0.4, -0.2) is 12.1 Å². The van der Waals surface area contributed by atoms with E-state index in [0.717, 1.165) is 12.5 Å². The molecule has 0 spiro atoms. The molecular formula is C12H15F3N2. The summed E-state index contributed by atoms with van der Waals surface area (Å²) in [4.78, 5) is 0. The minimum absolute atomic E-state index is 0.0613. The molecule has 1 N–H and O–H groups in total. The second-order valence-electron chi connectivity index (χ2n) is 4.95. The maximum atomic E-state index is 12.6. The normalized spacial score (nSPS) is 19.7. The van der Waals surface area contributed by atoms with Gasteiger partial charge in [-0.05, 0) is 38.5 Å². The second kappa shape index (κ2) is 3.91. The van der Waals surface area contributed by atoms with Crippen LogP contribution >= 0.6 is 0 Å². The van der Waals surface area contributed by atoms with Gasteiger partial charge in [0, 0.05) is 12.1 Å². The molecule has 0 aromatic heterocycles. The number of hydrazine groups is 1. The highest BCUT2D eigenvalue weighted by atomic mass is 19.4. The van der Waals surface area contributed by atoms with Crippen LogP contribution in [0.1, 0.15) is 25.8 Å². The molecule has 94 valence electrons. The fourth-order valence-corrected chi connectivity index (χ4v) is 1.91. The van der Waals surface area contributed by atoms with Crippen LogP contribution in [0.5, 0.6) is 0 Å². The number of alkyl halides is 3. The topological polar surface area (TPSA) is 15.3 Å². The summed E-state index contributed by atoms with van der Waals surface area (Å²) in [6.45, 7) is 4.77. The van der Waals surface area contributed by atoms with Crippen LogP contribution in [0.15, 0.2) is 24.3 Å². The highest BCUT2D eigenvalue weighted by Gasteiger charge is 2.32. The third-order valence-electron chi connectivity index (χ3n) is 2.88. The van der Waals surface area contributed by atoms with Crippen molar-refractivity contribution < 1.29 is 13.2 Å². The van der Waals surface area contributed by atoms with Gasteiger partial charge in [-0.15, -0.1) is 0 Å². The van der Waals surface area contributed by atoms with Gasteiger partial charge in [-0.2, -0.15) is 13.2 Å². The first-order chi connectivity index (χ1) is 7.78. The van der Waals surface area contributed by atoms with E-state index >= 15 is 0 Å². The lowest BCUT2D eigenvalue weighted by atomic mass is 10.0. The molecule has 0 bridgehead atoms. The fraction of sp³-hybridized carbons (Fsp3) is 0.500. The Morgan fingerprint density at radius 3 is 2.53 bits per heavy atom. The van der Waals surface area contributed by atoms with Crippen molar-refractivity contribution in [3.63, 3.8) is 0 Å². The molecule has 1 aliphatic heterocycles. The molecule has 2 rings (SSSR count). The summed E-state index contributed by atoms with van der Waals surface area (Å²) in [7, 11) is 0. The smallest absolute Gasteiger partial charge is 0.308 e. The zero-order valence-electron chi connectivity index (χ0n) is 9.80. The molecule has 1 fully saturated rings. The van der Waals surface area contributed by atoms with Crippen LogP contribution in [0.25, 0.3) is 0 Å². The van der Waals surface area contributed by atoms with Gasteiger partial charge in [-0.1, -0.05) is 6.07 Å². The summed E-state index contributed by atoms with van der Waals surface area (Å²) < 4.78 is 37.7. The van der Waals surface area contributed by atoms with E-state index in [2.05, 4.69) is 5.43 Å². The molecule has 0 amide bonds. The standard InChI is InChI=1S/C12H15F3N2/c1-11(2)6-7-17(16-11)10-5-3-4-9(8-10)12(13,14)15/h3-5,8,16H,6-7H2,1-2H3. The number of hydrogen-bond acceptors (Lipinski definition) is 2. The Labute approximate surface area is 98.4 Å². The highest BCUT2D eigenvalue weighted by molar-refractivity contribution is 5.49. The average Bonchev–Trinajstić information content (AvgIpc) is 2.58. The maximum absolute atomic E-state index is 12.6. The molecule has 0 radical (unpaired) electrons. The number of anilines is 1. The van der Waals surface area contributed by atoms with Gasteiger partial charge < -0.3 is 5.01 Å². The van der Waals surface area contributed by atoms with Crippen molar-refractivity contribution in [2.45, 2.75) is 32.0 Å². The number of halogens is 3. The molecule has 5 heteroatoms. The third kappa shape index (κ3) is 2.72. The van der Waals surface area contributed by atoms with E-state index in [9.17, 15) is 13.2 Å². The highest BCUT2D eigenvalue weighted by Crippen LogP contribution is 2.32. The van der Waals surface area contributed by atoms with Crippen molar-refractivity contribution in [2.75, 3.05) is 11.6 Å². The molecule has 0 atom stereocenters. The van der Waals surface area contributed by atoms with E-state index in [-0.39, 0.29) is 5.54 Å². The molecular weight excluding hydrogens is 229 g/mol. The number of hydrogen-bond donors (Lipinski definition) is 1. The van der Waals surface area contributed by atoms with Crippen molar-refractivity contribution in [3.05, 3.63) is 29.8 Å². The summed E-state index contributed by atoms with van der Waals surface area (Å²) in [6.07, 6.45) is -3.38. The van der Waals surface area contributed by atoms with Crippen LogP contribution in [0.4, 0.5) is 18.9 Å². The van der Waals surface area contributed by atoms with Crippen molar-refractivity contribution in [1.29, 1.82) is 0 Å². The predicted octanol–water partition coefficient (Wildman–Crippen LogP) is 3.20. The van der Waals surface area contributed by atoms with Crippen LogP contribution in [-0.2, 0) is 6.18 Å². The number of rotatable bonds is 1. The predicted molar refractivity (Wildman–Crippen MR) is 60.6 cm³/mol. The molecule has 0 saturated carbocycles. The Morgan fingerprint density at radius 2 is 2.00 bits per heavy atom. The third-order valence-corrected chi connectivity index (χ3v) is 2.88. The average molecular weight is 244 g/mol. The van der Waals surface area contributed by atoms with E-state index in [0.29, 0.717) is 12.2 Å². The molecule has 2 nitrogen and oxygen atoms in total. The number of nitrogens with zero attached hydrogens (tertiary/aromatic N) is 1. The molecule has 1 saturated heterocycles. The first-order valence-electron chi connectivity index (χ1n) is 5.51. The fourth-order valence-electron chi connectivity index (χ4n) is 1.91. The number of nitrogens with one attached hydrogen (secondary N) is 1. The van der Waals surface area contributed by atoms with Gasteiger partial charge in [0.15, 0.2) is 0 Å². The Morgan fingerprint density at radius 1 is 1.29 bits per heavy atom. The van der Waals surface area contributed by atoms with Crippen molar-refractivity contribution in [3.8, 4) is 0 Å². The van der Waals surface area contributed by atoms with Crippen LogP contribution < -0.4 is 10.4 Å². The first-order valence-corrected chi connectivity index (χ1v) is 5.51. The Hall–Kier alpha value is -1.23. The molecule has 1 aromatic rings. The summed E-state index contributed by atoms with van der Waals surface area (Å²) in [5.41, 5.74) is 3.08. The molecule has 17 heavy (non-hydrogen) atoms. The van der Waals surface area contributed by atoms with E-state index in [1.807, 2.05) is 13.8 Å². The van der Waals surface area contributed by atoms with Crippen molar-refractivity contribution in [2.24, 2.45) is 0 Å². The lowest BCUT2D eigenvalue weighted by Crippen LogP contribution is -2.41. The van der Waals surface area contributed by atoms with Crippen molar-refractivity contribution >= 4 is 5.69 Å². The van der Waals surface area contributed by atoms with Gasteiger partial charge in [0.25, 0.3) is 0 Å². The lowest BCUT2D eigenvalue weighted by molar-refractivity contribution is -0.137. The zero-order chi connectivity index (χ0) is 12.7. The number of benzene rings is 1.